The van der Waals surface area contributed by atoms with Gasteiger partial charge in [-0.3, -0.25) is 14.7 Å². The summed E-state index contributed by atoms with van der Waals surface area (Å²) < 4.78 is 7.03. The van der Waals surface area contributed by atoms with Crippen LogP contribution in [0.3, 0.4) is 0 Å². The molecule has 1 atom stereocenters. The topological polar surface area (TPSA) is 80.5 Å². The number of benzene rings is 3. The molecule has 0 bridgehead atoms. The Bertz CT molecular complexity index is 1370. The van der Waals surface area contributed by atoms with Crippen molar-refractivity contribution in [2.24, 2.45) is 4.99 Å². The molecule has 0 saturated carbocycles. The van der Waals surface area contributed by atoms with E-state index < -0.39 is 6.17 Å². The maximum absolute atomic E-state index is 12.9. The minimum atomic E-state index is -0.569. The van der Waals surface area contributed by atoms with E-state index in [2.05, 4.69) is 27.8 Å². The van der Waals surface area contributed by atoms with E-state index in [1.165, 1.54) is 6.07 Å². The van der Waals surface area contributed by atoms with Crippen molar-refractivity contribution in [1.29, 1.82) is 0 Å². The molecule has 3 aromatic carbocycles. The summed E-state index contributed by atoms with van der Waals surface area (Å²) in [6.07, 6.45) is -0.569. The van der Waals surface area contributed by atoms with Crippen LogP contribution in [-0.2, 0) is 0 Å². The van der Waals surface area contributed by atoms with E-state index in [0.717, 1.165) is 22.0 Å². The highest BCUT2D eigenvalue weighted by Crippen LogP contribution is 2.32. The number of anilines is 2. The largest absolute Gasteiger partial charge is 0.495 e. The minimum absolute atomic E-state index is 0.159. The third-order valence-corrected chi connectivity index (χ3v) is 5.27. The lowest BCUT2D eigenvalue weighted by atomic mass is 10.0. The first kappa shape index (κ1) is 18.9. The van der Waals surface area contributed by atoms with Gasteiger partial charge in [0.1, 0.15) is 5.75 Å². The number of nitrogens with zero attached hydrogens (tertiary/aromatic N) is 3. The van der Waals surface area contributed by atoms with Gasteiger partial charge in [-0.05, 0) is 29.8 Å². The number of aryl methyl sites for hydroxylation is 1. The van der Waals surface area contributed by atoms with Crippen molar-refractivity contribution >= 4 is 28.4 Å². The molecule has 0 saturated heterocycles. The normalized spacial score (nSPS) is 15.0. The third kappa shape index (κ3) is 3.40. The molecular formula is C24H21N5O2. The lowest BCUT2D eigenvalue weighted by Gasteiger charge is -2.28. The Balaban J connectivity index is 1.68. The van der Waals surface area contributed by atoms with Gasteiger partial charge < -0.3 is 10.1 Å². The Kier molecular flexibility index (Phi) is 4.63. The molecule has 7 heteroatoms. The molecular weight excluding hydrogens is 390 g/mol. The second-order valence-electron chi connectivity index (χ2n) is 7.30. The Hall–Kier alpha value is -4.13. The molecule has 0 aliphatic carbocycles. The third-order valence-electron chi connectivity index (χ3n) is 5.27. The van der Waals surface area contributed by atoms with Crippen molar-refractivity contribution in [3.63, 3.8) is 0 Å². The maximum Gasteiger partial charge on any atom is 0.257 e. The van der Waals surface area contributed by atoms with Crippen molar-refractivity contribution in [2.75, 3.05) is 17.7 Å². The summed E-state index contributed by atoms with van der Waals surface area (Å²) in [5.41, 5.74) is 2.16. The van der Waals surface area contributed by atoms with Crippen molar-refractivity contribution in [3.8, 4) is 5.75 Å². The van der Waals surface area contributed by atoms with Crippen LogP contribution in [0.15, 0.2) is 82.6 Å². The average Bonchev–Trinajstić information content (AvgIpc) is 2.78. The Labute approximate surface area is 179 Å². The van der Waals surface area contributed by atoms with Crippen molar-refractivity contribution in [1.82, 2.24) is 9.55 Å². The van der Waals surface area contributed by atoms with Crippen LogP contribution in [0.1, 0.15) is 17.4 Å². The second kappa shape index (κ2) is 7.60. The first-order chi connectivity index (χ1) is 15.1. The number of hydrogen-bond donors (Lipinski definition) is 2. The highest BCUT2D eigenvalue weighted by atomic mass is 16.5. The molecule has 0 amide bonds. The predicted molar refractivity (Wildman–Crippen MR) is 123 cm³/mol. The number of aromatic nitrogens is 2. The molecule has 0 spiro atoms. The fraction of sp³-hybridized carbons (Fsp3) is 0.125. The summed E-state index contributed by atoms with van der Waals surface area (Å²) in [4.78, 5) is 22.4. The monoisotopic (exact) mass is 411 g/mol. The molecule has 31 heavy (non-hydrogen) atoms. The lowest BCUT2D eigenvalue weighted by molar-refractivity contribution is 0.417. The van der Waals surface area contributed by atoms with Crippen molar-refractivity contribution in [3.05, 3.63) is 94.4 Å². The summed E-state index contributed by atoms with van der Waals surface area (Å²) in [5.74, 6) is 1.61. The quantitative estimate of drug-likeness (QED) is 0.529. The fourth-order valence-corrected chi connectivity index (χ4v) is 3.87. The fourth-order valence-electron chi connectivity index (χ4n) is 3.87. The van der Waals surface area contributed by atoms with Crippen LogP contribution in [0.25, 0.3) is 10.8 Å². The van der Waals surface area contributed by atoms with Gasteiger partial charge >= 0.3 is 0 Å². The number of ether oxygens (including phenoxy) is 1. The zero-order valence-electron chi connectivity index (χ0n) is 17.2. The van der Waals surface area contributed by atoms with Gasteiger partial charge in [0, 0.05) is 17.3 Å². The van der Waals surface area contributed by atoms with Gasteiger partial charge in [0.15, 0.2) is 6.17 Å². The van der Waals surface area contributed by atoms with E-state index in [0.29, 0.717) is 23.4 Å². The molecule has 1 aliphatic heterocycles. The summed E-state index contributed by atoms with van der Waals surface area (Å²) in [7, 11) is 1.62. The average molecular weight is 411 g/mol. The smallest absolute Gasteiger partial charge is 0.257 e. The van der Waals surface area contributed by atoms with Gasteiger partial charge in [-0.1, -0.05) is 54.6 Å². The molecule has 7 nitrogen and oxygen atoms in total. The van der Waals surface area contributed by atoms with E-state index in [1.807, 2.05) is 54.6 Å². The van der Waals surface area contributed by atoms with E-state index in [9.17, 15) is 4.79 Å². The number of methoxy groups -OCH3 is 1. The number of nitrogens with one attached hydrogen (secondary N) is 2. The molecule has 154 valence electrons. The Morgan fingerprint density at radius 1 is 1.03 bits per heavy atom. The van der Waals surface area contributed by atoms with Gasteiger partial charge in [0.05, 0.1) is 12.8 Å². The van der Waals surface area contributed by atoms with Crippen LogP contribution in [0.5, 0.6) is 5.75 Å². The molecule has 4 aromatic rings. The number of guanidine groups is 1. The zero-order chi connectivity index (χ0) is 21.4. The van der Waals surface area contributed by atoms with Crippen LogP contribution in [0, 0.1) is 6.92 Å². The molecule has 0 fully saturated rings. The van der Waals surface area contributed by atoms with Crippen LogP contribution in [-0.4, -0.2) is 22.6 Å². The Morgan fingerprint density at radius 3 is 2.68 bits per heavy atom. The van der Waals surface area contributed by atoms with Crippen molar-refractivity contribution < 1.29 is 4.74 Å². The van der Waals surface area contributed by atoms with Crippen LogP contribution < -0.4 is 20.9 Å². The van der Waals surface area contributed by atoms with Gasteiger partial charge in [0.2, 0.25) is 11.9 Å². The Morgan fingerprint density at radius 2 is 1.81 bits per heavy atom. The van der Waals surface area contributed by atoms with Gasteiger partial charge in [-0.25, -0.2) is 9.98 Å². The maximum atomic E-state index is 12.9. The summed E-state index contributed by atoms with van der Waals surface area (Å²) in [6, 6.07) is 23.2. The molecule has 1 unspecified atom stereocenters. The zero-order valence-corrected chi connectivity index (χ0v) is 17.2. The van der Waals surface area contributed by atoms with E-state index in [-0.39, 0.29) is 5.56 Å². The summed E-state index contributed by atoms with van der Waals surface area (Å²) in [5, 5.41) is 8.57. The lowest BCUT2D eigenvalue weighted by Crippen LogP contribution is -2.37. The van der Waals surface area contributed by atoms with Crippen LogP contribution in [0.2, 0.25) is 0 Å². The van der Waals surface area contributed by atoms with Gasteiger partial charge in [-0.15, -0.1) is 0 Å². The predicted octanol–water partition coefficient (Wildman–Crippen LogP) is 4.15. The van der Waals surface area contributed by atoms with Crippen molar-refractivity contribution in [2.45, 2.75) is 13.1 Å². The SMILES string of the molecule is COc1ccccc1NC1=NC(c2cccc3ccccc23)n2c(nc(C)cc2=O)N1. The summed E-state index contributed by atoms with van der Waals surface area (Å²) in [6.45, 7) is 1.80. The molecule has 5 rings (SSSR count). The van der Waals surface area contributed by atoms with Crippen LogP contribution >= 0.6 is 0 Å². The number of fused-ring (bicyclic) bond motifs is 2. The highest BCUT2D eigenvalue weighted by Gasteiger charge is 2.26. The first-order valence-corrected chi connectivity index (χ1v) is 9.97. The van der Waals surface area contributed by atoms with E-state index in [1.54, 1.807) is 18.6 Å². The number of hydrogen-bond acceptors (Lipinski definition) is 6. The molecule has 1 aliphatic rings. The number of para-hydroxylation sites is 2. The molecule has 0 radical (unpaired) electrons. The van der Waals surface area contributed by atoms with Crippen LogP contribution in [0.4, 0.5) is 11.6 Å². The standard InChI is InChI=1S/C24H21N5O2/c1-15-14-21(30)29-22(18-11-7-9-16-8-3-4-10-17(16)18)27-23(28-24(29)25-15)26-19-12-5-6-13-20(19)31-2/h3-14,22H,1-2H3,(H2,25,26,27,28). The second-order valence-corrected chi connectivity index (χ2v) is 7.30. The molecule has 1 aromatic heterocycles. The highest BCUT2D eigenvalue weighted by molar-refractivity contribution is 6.04. The van der Waals surface area contributed by atoms with E-state index >= 15 is 0 Å². The van der Waals surface area contributed by atoms with Gasteiger partial charge in [0.25, 0.3) is 5.56 Å². The minimum Gasteiger partial charge on any atom is -0.495 e. The molecule has 2 N–H and O–H groups in total. The summed E-state index contributed by atoms with van der Waals surface area (Å²) >= 11 is 0. The first-order valence-electron chi connectivity index (χ1n) is 9.97. The molecule has 2 heterocycles. The van der Waals surface area contributed by atoms with E-state index in [4.69, 9.17) is 9.73 Å². The number of aliphatic imine (C=N–C) groups is 1. The number of rotatable bonds is 3. The van der Waals surface area contributed by atoms with Gasteiger partial charge in [-0.2, -0.15) is 0 Å².